The Balaban J connectivity index is 2.02. The Bertz CT molecular complexity index is 463. The lowest BCUT2D eigenvalue weighted by Crippen LogP contribution is -2.37. The Labute approximate surface area is 105 Å². The summed E-state index contributed by atoms with van der Waals surface area (Å²) >= 11 is 0. The maximum absolute atomic E-state index is 13.7. The molecule has 1 N–H and O–H groups in total. The zero-order valence-electron chi connectivity index (χ0n) is 10.5. The van der Waals surface area contributed by atoms with Crippen molar-refractivity contribution in [3.05, 3.63) is 5.82 Å². The van der Waals surface area contributed by atoms with Gasteiger partial charge in [-0.3, -0.25) is 0 Å². The summed E-state index contributed by atoms with van der Waals surface area (Å²) in [6.45, 7) is 4.71. The third-order valence-corrected chi connectivity index (χ3v) is 3.23. The molecule has 0 aromatic carbocycles. The number of alkyl halides is 1. The number of fused-ring (bicyclic) bond motifs is 1. The van der Waals surface area contributed by atoms with Gasteiger partial charge < -0.3 is 19.9 Å². The molecule has 3 heterocycles. The number of hydrogen-bond donors (Lipinski definition) is 1. The number of halogens is 1. The van der Waals surface area contributed by atoms with Crippen LogP contribution in [0.1, 0.15) is 5.82 Å². The summed E-state index contributed by atoms with van der Waals surface area (Å²) < 4.78 is 19.0. The molecule has 6 nitrogen and oxygen atoms in total. The average molecular weight is 253 g/mol. The summed E-state index contributed by atoms with van der Waals surface area (Å²) in [5.41, 5.74) is 0.678. The molecule has 1 fully saturated rings. The Morgan fingerprint density at radius 1 is 1.28 bits per heavy atom. The fraction of sp³-hybridized carbons (Fsp3) is 0.636. The van der Waals surface area contributed by atoms with E-state index < -0.39 is 6.42 Å². The number of aromatic nitrogens is 2. The molecule has 18 heavy (non-hydrogen) atoms. The standard InChI is InChI=1S/C11H16FN5O/c1-7-13-9-8(15-11(12)16(9)2)10(14-7)17-3-5-18-6-4-17/h11,15H,3-6H2,1-2H3. The van der Waals surface area contributed by atoms with Crippen LogP contribution >= 0.6 is 0 Å². The van der Waals surface area contributed by atoms with Crippen LogP contribution in [0.3, 0.4) is 0 Å². The molecule has 0 radical (unpaired) electrons. The topological polar surface area (TPSA) is 53.5 Å². The van der Waals surface area contributed by atoms with E-state index in [9.17, 15) is 4.39 Å². The molecule has 1 unspecified atom stereocenters. The number of hydrogen-bond acceptors (Lipinski definition) is 6. The highest BCUT2D eigenvalue weighted by atomic mass is 19.1. The van der Waals surface area contributed by atoms with Gasteiger partial charge in [-0.15, -0.1) is 0 Å². The molecule has 2 aliphatic heterocycles. The second kappa shape index (κ2) is 4.24. The summed E-state index contributed by atoms with van der Waals surface area (Å²) in [6.07, 6.45) is -1.24. The summed E-state index contributed by atoms with van der Waals surface area (Å²) in [5, 5.41) is 2.79. The van der Waals surface area contributed by atoms with Gasteiger partial charge in [-0.1, -0.05) is 0 Å². The number of nitrogens with one attached hydrogen (secondary N) is 1. The fourth-order valence-corrected chi connectivity index (χ4v) is 2.25. The van der Waals surface area contributed by atoms with E-state index in [0.29, 0.717) is 30.5 Å². The molecule has 0 spiro atoms. The van der Waals surface area contributed by atoms with Crippen molar-refractivity contribution in [2.24, 2.45) is 0 Å². The molecule has 0 bridgehead atoms. The number of morpholine rings is 1. The number of ether oxygens (including phenoxy) is 1. The largest absolute Gasteiger partial charge is 0.378 e. The maximum atomic E-state index is 13.7. The van der Waals surface area contributed by atoms with Gasteiger partial charge in [0, 0.05) is 20.1 Å². The van der Waals surface area contributed by atoms with E-state index in [2.05, 4.69) is 20.2 Å². The molecule has 0 saturated carbocycles. The number of anilines is 3. The number of aryl methyl sites for hydroxylation is 1. The van der Waals surface area contributed by atoms with Crippen LogP contribution in [-0.2, 0) is 4.74 Å². The van der Waals surface area contributed by atoms with Gasteiger partial charge in [0.05, 0.1) is 13.2 Å². The van der Waals surface area contributed by atoms with E-state index >= 15 is 0 Å². The third-order valence-electron chi connectivity index (χ3n) is 3.23. The van der Waals surface area contributed by atoms with E-state index in [1.54, 1.807) is 7.05 Å². The molecule has 3 rings (SSSR count). The van der Waals surface area contributed by atoms with Crippen molar-refractivity contribution >= 4 is 17.3 Å². The van der Waals surface area contributed by atoms with Crippen molar-refractivity contribution in [1.29, 1.82) is 0 Å². The van der Waals surface area contributed by atoms with Crippen molar-refractivity contribution in [2.45, 2.75) is 13.3 Å². The first-order valence-corrected chi connectivity index (χ1v) is 6.01. The van der Waals surface area contributed by atoms with Crippen LogP contribution in [0.4, 0.5) is 21.7 Å². The van der Waals surface area contributed by atoms with Crippen molar-refractivity contribution in [3.63, 3.8) is 0 Å². The fourth-order valence-electron chi connectivity index (χ4n) is 2.25. The second-order valence-corrected chi connectivity index (χ2v) is 4.48. The molecule has 1 aromatic heterocycles. The number of rotatable bonds is 1. The Morgan fingerprint density at radius 2 is 1.94 bits per heavy atom. The van der Waals surface area contributed by atoms with E-state index in [1.807, 2.05) is 6.92 Å². The van der Waals surface area contributed by atoms with Crippen molar-refractivity contribution in [1.82, 2.24) is 9.97 Å². The van der Waals surface area contributed by atoms with Crippen LogP contribution in [0.2, 0.25) is 0 Å². The molecule has 2 aliphatic rings. The second-order valence-electron chi connectivity index (χ2n) is 4.48. The van der Waals surface area contributed by atoms with Crippen molar-refractivity contribution in [2.75, 3.05) is 48.5 Å². The number of nitrogens with zero attached hydrogens (tertiary/aromatic N) is 4. The SMILES string of the molecule is Cc1nc(N2CCOCC2)c2c(n1)N(C)C(F)N2. The molecule has 0 aliphatic carbocycles. The molecule has 7 heteroatoms. The van der Waals surface area contributed by atoms with Crippen LogP contribution in [0, 0.1) is 6.92 Å². The predicted octanol–water partition coefficient (Wildman–Crippen LogP) is 0.736. The van der Waals surface area contributed by atoms with Crippen LogP contribution in [0.25, 0.3) is 0 Å². The summed E-state index contributed by atoms with van der Waals surface area (Å²) in [6, 6.07) is 0. The van der Waals surface area contributed by atoms with E-state index in [-0.39, 0.29) is 0 Å². The average Bonchev–Trinajstić information content (AvgIpc) is 2.66. The van der Waals surface area contributed by atoms with Gasteiger partial charge in [-0.05, 0) is 6.92 Å². The van der Waals surface area contributed by atoms with Crippen LogP contribution in [0.15, 0.2) is 0 Å². The molecular weight excluding hydrogens is 237 g/mol. The first kappa shape index (κ1) is 11.5. The molecule has 98 valence electrons. The lowest BCUT2D eigenvalue weighted by Gasteiger charge is -2.29. The first-order valence-electron chi connectivity index (χ1n) is 6.01. The molecular formula is C11H16FN5O. The lowest BCUT2D eigenvalue weighted by atomic mass is 10.3. The summed E-state index contributed by atoms with van der Waals surface area (Å²) in [4.78, 5) is 12.3. The Kier molecular flexibility index (Phi) is 2.70. The van der Waals surface area contributed by atoms with Gasteiger partial charge in [0.15, 0.2) is 11.6 Å². The zero-order valence-corrected chi connectivity index (χ0v) is 10.5. The van der Waals surface area contributed by atoms with Crippen LogP contribution < -0.4 is 15.1 Å². The zero-order chi connectivity index (χ0) is 12.7. The quantitative estimate of drug-likeness (QED) is 0.745. The minimum absolute atomic E-state index is 0.622. The normalized spacial score (nSPS) is 22.9. The smallest absolute Gasteiger partial charge is 0.248 e. The van der Waals surface area contributed by atoms with Crippen molar-refractivity contribution < 1.29 is 9.13 Å². The first-order chi connectivity index (χ1) is 8.66. The highest BCUT2D eigenvalue weighted by molar-refractivity contribution is 5.82. The van der Waals surface area contributed by atoms with Gasteiger partial charge >= 0.3 is 0 Å². The summed E-state index contributed by atoms with van der Waals surface area (Å²) in [5.74, 6) is 2.04. The Hall–Kier alpha value is -1.63. The lowest BCUT2D eigenvalue weighted by molar-refractivity contribution is 0.122. The predicted molar refractivity (Wildman–Crippen MR) is 66.7 cm³/mol. The maximum Gasteiger partial charge on any atom is 0.248 e. The van der Waals surface area contributed by atoms with Gasteiger partial charge in [-0.2, -0.15) is 4.39 Å². The van der Waals surface area contributed by atoms with Gasteiger partial charge in [0.1, 0.15) is 11.5 Å². The Morgan fingerprint density at radius 3 is 2.67 bits per heavy atom. The van der Waals surface area contributed by atoms with E-state index in [0.717, 1.165) is 18.9 Å². The minimum atomic E-state index is -1.24. The monoisotopic (exact) mass is 253 g/mol. The summed E-state index contributed by atoms with van der Waals surface area (Å²) in [7, 11) is 1.68. The van der Waals surface area contributed by atoms with Crippen LogP contribution in [0.5, 0.6) is 0 Å². The molecule has 1 aromatic rings. The van der Waals surface area contributed by atoms with Gasteiger partial charge in [-0.25, -0.2) is 9.97 Å². The minimum Gasteiger partial charge on any atom is -0.378 e. The van der Waals surface area contributed by atoms with Gasteiger partial charge in [0.2, 0.25) is 6.42 Å². The molecule has 1 saturated heterocycles. The molecule has 0 amide bonds. The van der Waals surface area contributed by atoms with E-state index in [1.165, 1.54) is 4.90 Å². The molecule has 1 atom stereocenters. The third kappa shape index (κ3) is 1.74. The van der Waals surface area contributed by atoms with Crippen molar-refractivity contribution in [3.8, 4) is 0 Å². The van der Waals surface area contributed by atoms with Crippen LogP contribution in [-0.4, -0.2) is 49.7 Å². The highest BCUT2D eigenvalue weighted by Gasteiger charge is 2.32. The highest BCUT2D eigenvalue weighted by Crippen LogP contribution is 2.38. The van der Waals surface area contributed by atoms with Gasteiger partial charge in [0.25, 0.3) is 0 Å². The van der Waals surface area contributed by atoms with E-state index in [4.69, 9.17) is 4.74 Å².